The number of aliphatic hydroxyl groups is 1. The van der Waals surface area contributed by atoms with Gasteiger partial charge in [0.15, 0.2) is 5.96 Å². The summed E-state index contributed by atoms with van der Waals surface area (Å²) in [7, 11) is 0. The van der Waals surface area contributed by atoms with E-state index in [2.05, 4.69) is 24.5 Å². The van der Waals surface area contributed by atoms with Gasteiger partial charge in [0, 0.05) is 38.8 Å². The molecule has 1 unspecified atom stereocenters. The van der Waals surface area contributed by atoms with Gasteiger partial charge in [0.2, 0.25) is 0 Å². The van der Waals surface area contributed by atoms with Gasteiger partial charge in [-0.1, -0.05) is 13.8 Å². The van der Waals surface area contributed by atoms with Crippen LogP contribution in [-0.2, 0) is 4.74 Å². The first-order valence-corrected chi connectivity index (χ1v) is 10.8. The molecule has 3 N–H and O–H groups in total. The molecule has 0 bridgehead atoms. The molecule has 1 rings (SSSR count). The number of hydrogen-bond acceptors (Lipinski definition) is 4. The zero-order valence-corrected chi connectivity index (χ0v) is 21.5. The van der Waals surface area contributed by atoms with Gasteiger partial charge in [-0.25, -0.2) is 4.79 Å². The third-order valence-corrected chi connectivity index (χ3v) is 4.45. The van der Waals surface area contributed by atoms with Crippen LogP contribution in [0.5, 0.6) is 0 Å². The quantitative estimate of drug-likeness (QED) is 0.218. The van der Waals surface area contributed by atoms with Gasteiger partial charge in [-0.2, -0.15) is 0 Å². The Morgan fingerprint density at radius 2 is 1.93 bits per heavy atom. The van der Waals surface area contributed by atoms with E-state index in [0.717, 1.165) is 38.2 Å². The predicted octanol–water partition coefficient (Wildman–Crippen LogP) is 3.60. The van der Waals surface area contributed by atoms with Gasteiger partial charge in [0.05, 0.1) is 0 Å². The molecule has 29 heavy (non-hydrogen) atoms. The minimum atomic E-state index is -0.480. The molecule has 0 heterocycles. The van der Waals surface area contributed by atoms with Gasteiger partial charge in [0.25, 0.3) is 0 Å². The molecular weight excluding hydrogens is 483 g/mol. The lowest BCUT2D eigenvalue weighted by atomic mass is 9.94. The molecule has 8 heteroatoms. The first kappa shape index (κ1) is 28.2. The largest absolute Gasteiger partial charge is 0.444 e. The average molecular weight is 527 g/mol. The number of carbonyl (C=O) groups excluding carboxylic acids is 1. The Balaban J connectivity index is 0.00000784. The number of halogens is 1. The minimum absolute atomic E-state index is 0. The van der Waals surface area contributed by atoms with Crippen molar-refractivity contribution in [2.75, 3.05) is 32.8 Å². The topological polar surface area (TPSA) is 86.2 Å². The summed E-state index contributed by atoms with van der Waals surface area (Å²) in [4.78, 5) is 19.0. The molecule has 0 aromatic heterocycles. The van der Waals surface area contributed by atoms with E-state index >= 15 is 0 Å². The molecule has 0 aliphatic heterocycles. The summed E-state index contributed by atoms with van der Waals surface area (Å²) in [6.07, 6.45) is 3.68. The Kier molecular flexibility index (Phi) is 13.9. The lowest BCUT2D eigenvalue weighted by molar-refractivity contribution is 0.0238. The van der Waals surface area contributed by atoms with Crippen LogP contribution in [0, 0.1) is 11.8 Å². The second-order valence-electron chi connectivity index (χ2n) is 9.06. The van der Waals surface area contributed by atoms with E-state index in [0.29, 0.717) is 37.5 Å². The number of nitrogens with one attached hydrogen (secondary N) is 2. The molecular formula is C21H43IN4O3. The molecule has 1 aliphatic rings. The van der Waals surface area contributed by atoms with E-state index in [1.807, 2.05) is 32.6 Å². The van der Waals surface area contributed by atoms with Crippen LogP contribution < -0.4 is 10.6 Å². The Morgan fingerprint density at radius 3 is 2.41 bits per heavy atom. The summed E-state index contributed by atoms with van der Waals surface area (Å²) in [6, 6.07) is 0.302. The van der Waals surface area contributed by atoms with Crippen molar-refractivity contribution in [3.63, 3.8) is 0 Å². The van der Waals surface area contributed by atoms with Crippen LogP contribution in [0.15, 0.2) is 4.99 Å². The van der Waals surface area contributed by atoms with Crippen LogP contribution in [-0.4, -0.2) is 66.5 Å². The zero-order valence-electron chi connectivity index (χ0n) is 19.2. The van der Waals surface area contributed by atoms with Gasteiger partial charge in [0.1, 0.15) is 5.60 Å². The van der Waals surface area contributed by atoms with Crippen LogP contribution in [0.4, 0.5) is 4.79 Å². The van der Waals surface area contributed by atoms with Crippen molar-refractivity contribution in [3.05, 3.63) is 0 Å². The number of aliphatic hydroxyl groups excluding tert-OH is 1. The van der Waals surface area contributed by atoms with Crippen LogP contribution in [0.3, 0.4) is 0 Å². The van der Waals surface area contributed by atoms with E-state index in [1.54, 1.807) is 0 Å². The lowest BCUT2D eigenvalue weighted by Crippen LogP contribution is -2.45. The van der Waals surface area contributed by atoms with Crippen molar-refractivity contribution in [3.8, 4) is 0 Å². The van der Waals surface area contributed by atoms with E-state index < -0.39 is 5.60 Å². The highest BCUT2D eigenvalue weighted by Gasteiger charge is 2.34. The number of amides is 1. The van der Waals surface area contributed by atoms with Crippen molar-refractivity contribution in [1.29, 1.82) is 0 Å². The standard InChI is InChI=1S/C21H42N4O3.HI/c1-7-22-19(24-15-17(10-13-26)14-16(2)3)23-11-12-25(18-8-9-18)20(27)28-21(4,5)6;/h16-18,26H,7-15H2,1-6H3,(H2,22,23,24);1H. The maximum atomic E-state index is 12.4. The van der Waals surface area contributed by atoms with Gasteiger partial charge >= 0.3 is 6.09 Å². The van der Waals surface area contributed by atoms with Gasteiger partial charge in [-0.05, 0) is 65.2 Å². The summed E-state index contributed by atoms with van der Waals surface area (Å²) < 4.78 is 5.54. The number of hydrogen-bond donors (Lipinski definition) is 3. The summed E-state index contributed by atoms with van der Waals surface area (Å²) >= 11 is 0. The minimum Gasteiger partial charge on any atom is -0.444 e. The van der Waals surface area contributed by atoms with Crippen LogP contribution in [0.25, 0.3) is 0 Å². The number of aliphatic imine (C=N–C) groups is 1. The number of carbonyl (C=O) groups is 1. The average Bonchev–Trinajstić information content (AvgIpc) is 3.39. The smallest absolute Gasteiger partial charge is 0.410 e. The second kappa shape index (κ2) is 14.3. The van der Waals surface area contributed by atoms with E-state index in [4.69, 9.17) is 9.73 Å². The summed E-state index contributed by atoms with van der Waals surface area (Å²) in [5, 5.41) is 15.9. The fraction of sp³-hybridized carbons (Fsp3) is 0.905. The van der Waals surface area contributed by atoms with Crippen molar-refractivity contribution in [2.45, 2.75) is 78.9 Å². The van der Waals surface area contributed by atoms with Crippen molar-refractivity contribution in [2.24, 2.45) is 16.8 Å². The molecule has 1 saturated carbocycles. The Labute approximate surface area is 194 Å². The van der Waals surface area contributed by atoms with E-state index in [-0.39, 0.29) is 36.7 Å². The van der Waals surface area contributed by atoms with Crippen molar-refractivity contribution in [1.82, 2.24) is 15.5 Å². The highest BCUT2D eigenvalue weighted by atomic mass is 127. The number of rotatable bonds is 11. The highest BCUT2D eigenvalue weighted by molar-refractivity contribution is 14.0. The third-order valence-electron chi connectivity index (χ3n) is 4.45. The molecule has 1 fully saturated rings. The molecule has 1 amide bonds. The number of ether oxygens (including phenoxy) is 1. The SMILES string of the molecule is CCNC(=NCC(CCO)CC(C)C)NCCN(C(=O)OC(C)(C)C)C1CC1.I. The lowest BCUT2D eigenvalue weighted by Gasteiger charge is -2.27. The highest BCUT2D eigenvalue weighted by Crippen LogP contribution is 2.28. The van der Waals surface area contributed by atoms with Crippen molar-refractivity contribution >= 4 is 36.0 Å². The Morgan fingerprint density at radius 1 is 1.28 bits per heavy atom. The number of guanidine groups is 1. The molecule has 0 radical (unpaired) electrons. The molecule has 1 atom stereocenters. The van der Waals surface area contributed by atoms with Crippen LogP contribution in [0.2, 0.25) is 0 Å². The first-order valence-electron chi connectivity index (χ1n) is 10.8. The Hall–Kier alpha value is -0.770. The predicted molar refractivity (Wildman–Crippen MR) is 130 cm³/mol. The van der Waals surface area contributed by atoms with Crippen molar-refractivity contribution < 1.29 is 14.6 Å². The maximum Gasteiger partial charge on any atom is 0.410 e. The molecule has 7 nitrogen and oxygen atoms in total. The second-order valence-corrected chi connectivity index (χ2v) is 9.06. The number of nitrogens with zero attached hydrogens (tertiary/aromatic N) is 2. The summed E-state index contributed by atoms with van der Waals surface area (Å²) in [5.74, 6) is 1.72. The molecule has 1 aliphatic carbocycles. The fourth-order valence-corrected chi connectivity index (χ4v) is 3.12. The molecule has 0 spiro atoms. The normalized spacial score (nSPS) is 15.5. The molecule has 0 aromatic carbocycles. The van der Waals surface area contributed by atoms with E-state index in [1.165, 1.54) is 0 Å². The maximum absolute atomic E-state index is 12.4. The Bertz CT molecular complexity index is 491. The molecule has 0 aromatic rings. The van der Waals surface area contributed by atoms with Crippen LogP contribution >= 0.6 is 24.0 Å². The summed E-state index contributed by atoms with van der Waals surface area (Å²) in [6.45, 7) is 15.0. The monoisotopic (exact) mass is 526 g/mol. The summed E-state index contributed by atoms with van der Waals surface area (Å²) in [5.41, 5.74) is -0.480. The first-order chi connectivity index (χ1) is 13.2. The van der Waals surface area contributed by atoms with Crippen LogP contribution in [0.1, 0.15) is 67.2 Å². The van der Waals surface area contributed by atoms with Gasteiger partial charge < -0.3 is 25.4 Å². The third kappa shape index (κ3) is 13.2. The van der Waals surface area contributed by atoms with Gasteiger partial charge in [-0.15, -0.1) is 24.0 Å². The zero-order chi connectivity index (χ0) is 21.2. The fourth-order valence-electron chi connectivity index (χ4n) is 3.12. The van der Waals surface area contributed by atoms with E-state index in [9.17, 15) is 9.90 Å². The van der Waals surface area contributed by atoms with Gasteiger partial charge in [-0.3, -0.25) is 4.99 Å². The molecule has 172 valence electrons. The molecule has 0 saturated heterocycles.